The van der Waals surface area contributed by atoms with E-state index >= 15 is 0 Å². The first-order valence-corrected chi connectivity index (χ1v) is 8.99. The van der Waals surface area contributed by atoms with E-state index in [0.717, 1.165) is 12.1 Å². The summed E-state index contributed by atoms with van der Waals surface area (Å²) in [7, 11) is 0. The third kappa shape index (κ3) is 4.49. The lowest BCUT2D eigenvalue weighted by Gasteiger charge is -2.19. The van der Waals surface area contributed by atoms with Crippen LogP contribution in [0.2, 0.25) is 0 Å². The Morgan fingerprint density at radius 1 is 1.14 bits per heavy atom. The Labute approximate surface area is 161 Å². The number of aliphatic hydroxyl groups excluding tert-OH is 1. The SMILES string of the molecule is OC1CCN(c2cc(Nc3cnccn3)nc(NCc3ccc(F)cc3)n2)C1. The highest BCUT2D eigenvalue weighted by Crippen LogP contribution is 2.24. The van der Waals surface area contributed by atoms with Gasteiger partial charge in [0.25, 0.3) is 0 Å². The summed E-state index contributed by atoms with van der Waals surface area (Å²) in [6.45, 7) is 1.70. The van der Waals surface area contributed by atoms with Crippen LogP contribution in [0.4, 0.5) is 27.8 Å². The van der Waals surface area contributed by atoms with Gasteiger partial charge in [-0.15, -0.1) is 0 Å². The molecule has 1 saturated heterocycles. The molecule has 144 valence electrons. The van der Waals surface area contributed by atoms with Gasteiger partial charge >= 0.3 is 0 Å². The van der Waals surface area contributed by atoms with E-state index in [0.29, 0.717) is 42.9 Å². The topological polar surface area (TPSA) is 99.1 Å². The first kappa shape index (κ1) is 18.1. The van der Waals surface area contributed by atoms with Crippen molar-refractivity contribution >= 4 is 23.4 Å². The molecule has 3 aromatic rings. The van der Waals surface area contributed by atoms with Crippen LogP contribution in [0.25, 0.3) is 0 Å². The maximum absolute atomic E-state index is 13.1. The summed E-state index contributed by atoms with van der Waals surface area (Å²) >= 11 is 0. The Kier molecular flexibility index (Phi) is 5.24. The summed E-state index contributed by atoms with van der Waals surface area (Å²) in [6, 6.07) is 8.07. The average Bonchev–Trinajstić information content (AvgIpc) is 3.15. The number of halogens is 1. The number of anilines is 4. The molecule has 1 aliphatic heterocycles. The molecule has 1 unspecified atom stereocenters. The molecule has 0 spiro atoms. The zero-order valence-electron chi connectivity index (χ0n) is 15.1. The highest BCUT2D eigenvalue weighted by molar-refractivity contribution is 5.59. The maximum atomic E-state index is 13.1. The molecule has 9 heteroatoms. The van der Waals surface area contributed by atoms with Crippen molar-refractivity contribution in [2.75, 3.05) is 28.6 Å². The van der Waals surface area contributed by atoms with Gasteiger partial charge in [-0.2, -0.15) is 9.97 Å². The second-order valence-corrected chi connectivity index (χ2v) is 6.52. The number of hydrogen-bond donors (Lipinski definition) is 3. The third-order valence-electron chi connectivity index (χ3n) is 4.38. The van der Waals surface area contributed by atoms with Gasteiger partial charge in [0.1, 0.15) is 23.3 Å². The summed E-state index contributed by atoms with van der Waals surface area (Å²) in [5, 5.41) is 16.1. The van der Waals surface area contributed by atoms with Crippen molar-refractivity contribution in [2.45, 2.75) is 19.1 Å². The Balaban J connectivity index is 1.56. The van der Waals surface area contributed by atoms with Crippen molar-refractivity contribution < 1.29 is 9.50 Å². The number of hydrogen-bond acceptors (Lipinski definition) is 8. The number of aromatic nitrogens is 4. The van der Waals surface area contributed by atoms with Crippen molar-refractivity contribution in [3.8, 4) is 0 Å². The van der Waals surface area contributed by atoms with Gasteiger partial charge in [-0.25, -0.2) is 9.37 Å². The molecule has 3 N–H and O–H groups in total. The predicted molar refractivity (Wildman–Crippen MR) is 104 cm³/mol. The minimum absolute atomic E-state index is 0.273. The lowest BCUT2D eigenvalue weighted by atomic mass is 10.2. The van der Waals surface area contributed by atoms with Crippen LogP contribution in [0.15, 0.2) is 48.9 Å². The number of benzene rings is 1. The van der Waals surface area contributed by atoms with E-state index in [-0.39, 0.29) is 11.9 Å². The van der Waals surface area contributed by atoms with Crippen LogP contribution < -0.4 is 15.5 Å². The molecule has 2 aromatic heterocycles. The molecule has 1 aromatic carbocycles. The fraction of sp³-hybridized carbons (Fsp3) is 0.263. The molecule has 0 saturated carbocycles. The largest absolute Gasteiger partial charge is 0.391 e. The number of rotatable bonds is 6. The lowest BCUT2D eigenvalue weighted by Crippen LogP contribution is -2.23. The monoisotopic (exact) mass is 381 g/mol. The first-order chi connectivity index (χ1) is 13.7. The molecular weight excluding hydrogens is 361 g/mol. The first-order valence-electron chi connectivity index (χ1n) is 8.99. The molecule has 0 amide bonds. The van der Waals surface area contributed by atoms with E-state index in [9.17, 15) is 9.50 Å². The summed E-state index contributed by atoms with van der Waals surface area (Å²) in [4.78, 5) is 19.3. The highest BCUT2D eigenvalue weighted by atomic mass is 19.1. The van der Waals surface area contributed by atoms with Crippen molar-refractivity contribution in [3.05, 3.63) is 60.3 Å². The summed E-state index contributed by atoms with van der Waals surface area (Å²) in [6.07, 6.45) is 5.14. The van der Waals surface area contributed by atoms with Gasteiger partial charge < -0.3 is 20.6 Å². The minimum Gasteiger partial charge on any atom is -0.391 e. The molecule has 8 nitrogen and oxygen atoms in total. The highest BCUT2D eigenvalue weighted by Gasteiger charge is 2.22. The maximum Gasteiger partial charge on any atom is 0.226 e. The van der Waals surface area contributed by atoms with Crippen molar-refractivity contribution in [3.63, 3.8) is 0 Å². The fourth-order valence-electron chi connectivity index (χ4n) is 2.97. The molecule has 4 rings (SSSR count). The number of aliphatic hydroxyl groups is 1. The van der Waals surface area contributed by atoms with Crippen LogP contribution in [0, 0.1) is 5.82 Å². The third-order valence-corrected chi connectivity index (χ3v) is 4.38. The van der Waals surface area contributed by atoms with Crippen LogP contribution in [0.3, 0.4) is 0 Å². The zero-order chi connectivity index (χ0) is 19.3. The predicted octanol–water partition coefficient (Wildman–Crippen LogP) is 2.33. The number of β-amino-alcohol motifs (C(OH)–C–C–N with tert-alkyl or cyclic N) is 1. The van der Waals surface area contributed by atoms with Crippen molar-refractivity contribution in [2.24, 2.45) is 0 Å². The number of nitrogens with one attached hydrogen (secondary N) is 2. The van der Waals surface area contributed by atoms with Gasteiger partial charge in [0.05, 0.1) is 12.3 Å². The van der Waals surface area contributed by atoms with E-state index in [4.69, 9.17) is 0 Å². The van der Waals surface area contributed by atoms with Gasteiger partial charge in [0, 0.05) is 38.1 Å². The van der Waals surface area contributed by atoms with Gasteiger partial charge in [-0.05, 0) is 24.1 Å². The van der Waals surface area contributed by atoms with E-state index in [1.54, 1.807) is 30.7 Å². The van der Waals surface area contributed by atoms with Gasteiger partial charge in [0.15, 0.2) is 0 Å². The summed E-state index contributed by atoms with van der Waals surface area (Å²) in [5.74, 6) is 1.99. The second-order valence-electron chi connectivity index (χ2n) is 6.52. The van der Waals surface area contributed by atoms with E-state index in [1.165, 1.54) is 12.1 Å². The Bertz CT molecular complexity index is 923. The lowest BCUT2D eigenvalue weighted by molar-refractivity contribution is 0.198. The Hall–Kier alpha value is -3.33. The van der Waals surface area contributed by atoms with Gasteiger partial charge in [-0.3, -0.25) is 4.98 Å². The van der Waals surface area contributed by atoms with Crippen molar-refractivity contribution in [1.82, 2.24) is 19.9 Å². The molecule has 28 heavy (non-hydrogen) atoms. The second kappa shape index (κ2) is 8.13. The smallest absolute Gasteiger partial charge is 0.226 e. The van der Waals surface area contributed by atoms with Gasteiger partial charge in [-0.1, -0.05) is 12.1 Å². The van der Waals surface area contributed by atoms with E-state index < -0.39 is 0 Å². The zero-order valence-corrected chi connectivity index (χ0v) is 15.1. The quantitative estimate of drug-likeness (QED) is 0.598. The fourth-order valence-corrected chi connectivity index (χ4v) is 2.97. The van der Waals surface area contributed by atoms with Gasteiger partial charge in [0.2, 0.25) is 5.95 Å². The molecule has 1 atom stereocenters. The molecule has 3 heterocycles. The van der Waals surface area contributed by atoms with Crippen molar-refractivity contribution in [1.29, 1.82) is 0 Å². The van der Waals surface area contributed by atoms with Crippen LogP contribution in [-0.4, -0.2) is 44.2 Å². The Morgan fingerprint density at radius 3 is 2.71 bits per heavy atom. The van der Waals surface area contributed by atoms with Crippen LogP contribution in [-0.2, 0) is 6.54 Å². The van der Waals surface area contributed by atoms with E-state index in [1.807, 2.05) is 11.0 Å². The van der Waals surface area contributed by atoms with Crippen LogP contribution in [0.1, 0.15) is 12.0 Å². The van der Waals surface area contributed by atoms with Crippen LogP contribution in [0.5, 0.6) is 0 Å². The molecule has 0 aliphatic carbocycles. The Morgan fingerprint density at radius 2 is 2.00 bits per heavy atom. The molecule has 1 fully saturated rings. The normalized spacial score (nSPS) is 16.2. The minimum atomic E-state index is -0.359. The molecule has 1 aliphatic rings. The molecular formula is C19H20FN7O. The average molecular weight is 381 g/mol. The van der Waals surface area contributed by atoms with E-state index in [2.05, 4.69) is 30.6 Å². The summed E-state index contributed by atoms with van der Waals surface area (Å²) in [5.41, 5.74) is 0.912. The summed E-state index contributed by atoms with van der Waals surface area (Å²) < 4.78 is 13.1. The molecule has 0 radical (unpaired) electrons. The molecule has 0 bridgehead atoms. The van der Waals surface area contributed by atoms with Crippen LogP contribution >= 0.6 is 0 Å². The standard InChI is InChI=1S/C19H20FN7O/c20-14-3-1-13(2-4-14)10-23-19-25-16(24-17-11-21-6-7-22-17)9-18(26-19)27-8-5-15(28)12-27/h1-4,6-7,9,11,15,28H,5,8,10,12H2,(H2,22,23,24,25,26). The number of nitrogens with zero attached hydrogens (tertiary/aromatic N) is 5.